The van der Waals surface area contributed by atoms with Crippen LogP contribution in [-0.2, 0) is 89.6 Å². The lowest BCUT2D eigenvalue weighted by atomic mass is 9.69. The fourth-order valence-electron chi connectivity index (χ4n) is 15.3. The average molecular weight is 1920 g/mol. The Morgan fingerprint density at radius 3 is 1.05 bits per heavy atom. The van der Waals surface area contributed by atoms with E-state index in [2.05, 4.69) is 16.0 Å². The Kier molecular flexibility index (Phi) is 37.8. The number of methoxy groups -OCH3 is 1. The third-order valence-electron chi connectivity index (χ3n) is 22.2. The minimum Gasteiger partial charge on any atom is -0.503 e. The summed E-state index contributed by atoms with van der Waals surface area (Å²) in [6.45, 7) is 30.5. The number of hydrogen-bond acceptors (Lipinski definition) is 25. The molecule has 0 aliphatic carbocycles. The molecule has 6 aromatic rings. The average Bonchev–Trinajstić information content (AvgIpc) is 0.731. The van der Waals surface area contributed by atoms with Gasteiger partial charge in [0.25, 0.3) is 17.7 Å². The van der Waals surface area contributed by atoms with Gasteiger partial charge in [0, 0.05) is 111 Å². The SMILES string of the molecule is CCOP(=O)(CCCCC1Cn2cc(C(=O)NCc3ccc(F)cc3F)c(=O)c(O)c2C(=O)C1(C)C)OCC.CCOP(=O)(CCCN(C(=O)OC(C)(C)C)C1Cn2cc(C(=O)NCc3ccc(F)cc3F)c(=O)c(O)c2C(=O)C1(C)C)OCC.CCOP(=O)(CCCN(C(=O)OC(C)(C)C)C1Cn2cc(C(=O)NCc3ccc(F)cc3F)c(=O)c(OC)c2C(=O)C1(C)C)OCC. The van der Waals surface area contributed by atoms with Crippen molar-refractivity contribution in [2.24, 2.45) is 22.2 Å². The number of ketones is 3. The van der Waals surface area contributed by atoms with Crippen LogP contribution in [-0.4, -0.2) is 183 Å². The van der Waals surface area contributed by atoms with Gasteiger partial charge in [-0.3, -0.25) is 56.8 Å². The lowest BCUT2D eigenvalue weighted by Crippen LogP contribution is -2.58. The fraction of sp³-hybridized carbons (Fsp3) is 0.544. The lowest BCUT2D eigenvalue weighted by molar-refractivity contribution is -0.00540. The summed E-state index contributed by atoms with van der Waals surface area (Å²) in [7, 11) is -8.88. The van der Waals surface area contributed by atoms with Crippen molar-refractivity contribution in [3.63, 3.8) is 0 Å². The van der Waals surface area contributed by atoms with Gasteiger partial charge in [-0.05, 0) is 133 Å². The molecular formula is C90H121F6N8O25P3. The first-order valence-corrected chi connectivity index (χ1v) is 48.4. The molecule has 132 heavy (non-hydrogen) atoms. The van der Waals surface area contributed by atoms with Gasteiger partial charge in [-0.25, -0.2) is 35.9 Å². The molecule has 3 aromatic heterocycles. The van der Waals surface area contributed by atoms with Crippen molar-refractivity contribution in [1.29, 1.82) is 0 Å². The molecule has 9 rings (SSSR count). The van der Waals surface area contributed by atoms with Gasteiger partial charge in [0.05, 0.1) is 88.2 Å². The number of pyridine rings is 3. The molecule has 728 valence electrons. The Balaban J connectivity index is 0.000000272. The zero-order valence-corrected chi connectivity index (χ0v) is 80.5. The number of fused-ring (bicyclic) bond motifs is 3. The molecule has 0 spiro atoms. The van der Waals surface area contributed by atoms with Crippen LogP contribution in [0.15, 0.2) is 87.6 Å². The molecule has 0 saturated heterocycles. The lowest BCUT2D eigenvalue weighted by Gasteiger charge is -2.45. The summed E-state index contributed by atoms with van der Waals surface area (Å²) in [6.07, 6.45) is 4.39. The van der Waals surface area contributed by atoms with Crippen LogP contribution in [0.5, 0.6) is 17.2 Å². The number of hydrogen-bond donors (Lipinski definition) is 5. The Morgan fingerprint density at radius 1 is 0.439 bits per heavy atom. The Labute approximate surface area is 762 Å². The fourth-order valence-corrected chi connectivity index (χ4v) is 20.4. The summed E-state index contributed by atoms with van der Waals surface area (Å²) in [5.41, 5.74) is -10.2. The second kappa shape index (κ2) is 45.8. The first kappa shape index (κ1) is 109. The van der Waals surface area contributed by atoms with Gasteiger partial charge in [0.2, 0.25) is 16.3 Å². The number of carbonyl (C=O) groups excluding carboxylic acids is 8. The molecule has 0 bridgehead atoms. The predicted octanol–water partition coefficient (Wildman–Crippen LogP) is 15.8. The molecule has 0 fully saturated rings. The highest BCUT2D eigenvalue weighted by atomic mass is 31.2. The van der Waals surface area contributed by atoms with Crippen molar-refractivity contribution in [1.82, 2.24) is 39.5 Å². The van der Waals surface area contributed by atoms with E-state index in [4.69, 9.17) is 41.4 Å². The first-order chi connectivity index (χ1) is 61.6. The number of nitrogens with one attached hydrogen (secondary N) is 3. The Morgan fingerprint density at radius 2 is 0.735 bits per heavy atom. The van der Waals surface area contributed by atoms with Crippen LogP contribution < -0.4 is 37.0 Å². The van der Waals surface area contributed by atoms with E-state index in [0.29, 0.717) is 37.5 Å². The smallest absolute Gasteiger partial charge is 0.410 e. The summed E-state index contributed by atoms with van der Waals surface area (Å²) in [6, 6.07) is 6.83. The molecule has 42 heteroatoms. The normalized spacial score (nSPS) is 16.2. The molecule has 3 atom stereocenters. The molecule has 0 saturated carbocycles. The largest absolute Gasteiger partial charge is 0.503 e. The van der Waals surface area contributed by atoms with Crippen LogP contribution in [0.1, 0.15) is 236 Å². The van der Waals surface area contributed by atoms with Crippen molar-refractivity contribution in [2.45, 2.75) is 219 Å². The van der Waals surface area contributed by atoms with Crippen LogP contribution in [0.2, 0.25) is 0 Å². The topological polar surface area (TPSA) is 420 Å². The number of carbonyl (C=O) groups is 8. The molecule has 6 heterocycles. The summed E-state index contributed by atoms with van der Waals surface area (Å²) in [5.74, 6) is -11.6. The molecular weight excluding hydrogens is 1800 g/mol. The van der Waals surface area contributed by atoms with E-state index in [1.165, 1.54) is 55.1 Å². The highest BCUT2D eigenvalue weighted by Crippen LogP contribution is 2.52. The number of amides is 5. The van der Waals surface area contributed by atoms with Crippen LogP contribution in [0.3, 0.4) is 0 Å². The molecule has 3 unspecified atom stereocenters. The molecule has 5 amide bonds. The summed E-state index contributed by atoms with van der Waals surface area (Å²) >= 11 is 0. The number of ether oxygens (including phenoxy) is 3. The summed E-state index contributed by atoms with van der Waals surface area (Å²) in [4.78, 5) is 150. The van der Waals surface area contributed by atoms with E-state index in [9.17, 15) is 103 Å². The predicted molar refractivity (Wildman–Crippen MR) is 476 cm³/mol. The van der Waals surface area contributed by atoms with Crippen molar-refractivity contribution >= 4 is 70.0 Å². The minimum atomic E-state index is -3.45. The van der Waals surface area contributed by atoms with E-state index in [-0.39, 0.29) is 169 Å². The van der Waals surface area contributed by atoms with Gasteiger partial charge in [-0.15, -0.1) is 0 Å². The monoisotopic (exact) mass is 1920 g/mol. The van der Waals surface area contributed by atoms with Crippen LogP contribution in [0, 0.1) is 57.1 Å². The maximum atomic E-state index is 14.2. The number of unbranched alkanes of at least 4 members (excludes halogenated alkanes) is 1. The molecule has 3 aliphatic heterocycles. The van der Waals surface area contributed by atoms with E-state index in [0.717, 1.165) is 30.5 Å². The zero-order chi connectivity index (χ0) is 98.9. The number of rotatable bonds is 37. The van der Waals surface area contributed by atoms with Crippen LogP contribution in [0.25, 0.3) is 0 Å². The van der Waals surface area contributed by atoms with Gasteiger partial charge in [-0.2, -0.15) is 0 Å². The van der Waals surface area contributed by atoms with E-state index < -0.39 is 189 Å². The number of benzene rings is 3. The number of aromatic hydroxyl groups is 2. The molecule has 5 N–H and O–H groups in total. The molecule has 0 radical (unpaired) electrons. The molecule has 33 nitrogen and oxygen atoms in total. The number of aromatic nitrogens is 3. The highest BCUT2D eigenvalue weighted by molar-refractivity contribution is 7.54. The van der Waals surface area contributed by atoms with Gasteiger partial charge in [0.15, 0.2) is 34.6 Å². The first-order valence-electron chi connectivity index (χ1n) is 43.3. The van der Waals surface area contributed by atoms with Crippen LogP contribution in [0.4, 0.5) is 35.9 Å². The van der Waals surface area contributed by atoms with E-state index >= 15 is 0 Å². The van der Waals surface area contributed by atoms with Crippen LogP contribution >= 0.6 is 22.8 Å². The Bertz CT molecular complexity index is 5560. The van der Waals surface area contributed by atoms with Crippen molar-refractivity contribution in [3.8, 4) is 17.2 Å². The van der Waals surface area contributed by atoms with Crippen molar-refractivity contribution in [2.75, 3.05) is 78.3 Å². The minimum absolute atomic E-state index is 0.00510. The van der Waals surface area contributed by atoms with Gasteiger partial charge >= 0.3 is 35.0 Å². The third kappa shape index (κ3) is 27.1. The molecule has 3 aromatic carbocycles. The maximum absolute atomic E-state index is 14.2. The number of nitrogens with zero attached hydrogens (tertiary/aromatic N) is 5. The second-order valence-corrected chi connectivity index (χ2v) is 41.6. The summed E-state index contributed by atoms with van der Waals surface area (Å²) < 4.78 is 174. The third-order valence-corrected chi connectivity index (χ3v) is 28.7. The standard InChI is InChI=1S/C32H44F2N3O9P.C31H42F2N3O9P.C27H35F2N2O7P/c1-9-44-47(42,45-10-2)15-11-14-37(30(41)46-31(3,4)5)24-19-36-18-22(26(38)27(43-8)25(36)28(39)32(24,6)7)29(40)35-17-20-12-13-21(33)16-23(20)34;1-8-43-46(42,44-9-2)14-10-13-36(29(41)45-30(3,4)5)23-18-35-17-21(25(37)26(38)24(35)27(39)31(23,6)7)28(40)34-16-19-11-12-20(32)15-22(19)33;1-5-37-39(36,38-6-2)12-8-7-9-18-15-31-16-20(23(32)24(33)22(31)25(34)27(18,3)4)26(35)30-14-17-10-11-19(28)13-21(17)29/h12-13,16,18,24H,9-11,14-15,17,19H2,1-8H3,(H,35,40);11-12,15,17,23,38H,8-10,13-14,16,18H2,1-7H3,(H,34,40);10-11,13,16,18,33H,5-9,12,14-15H2,1-4H3,(H,30,35). The van der Waals surface area contributed by atoms with Crippen molar-refractivity contribution in [3.05, 3.63) is 189 Å². The quantitative estimate of drug-likeness (QED) is 0.0137. The van der Waals surface area contributed by atoms with Gasteiger partial charge < -0.3 is 91.0 Å². The van der Waals surface area contributed by atoms with E-state index in [1.807, 2.05) is 0 Å². The zero-order valence-electron chi connectivity index (χ0n) is 77.8. The van der Waals surface area contributed by atoms with Gasteiger partial charge in [0.1, 0.15) is 79.9 Å². The number of halogens is 6. The second-order valence-electron chi connectivity index (χ2n) is 35.0. The Hall–Kier alpha value is -10.1. The highest BCUT2D eigenvalue weighted by Gasteiger charge is 2.52. The van der Waals surface area contributed by atoms with Gasteiger partial charge in [-0.1, -0.05) is 66.2 Å². The maximum Gasteiger partial charge on any atom is 0.410 e. The van der Waals surface area contributed by atoms with E-state index in [1.54, 1.807) is 125 Å². The number of Topliss-reactive ketones (excluding diaryl/α,β-unsaturated/α-hetero) is 3. The molecule has 3 aliphatic rings. The van der Waals surface area contributed by atoms with Crippen molar-refractivity contribution < 1.29 is 130 Å². The summed E-state index contributed by atoms with van der Waals surface area (Å²) in [5, 5.41) is 28.7.